The van der Waals surface area contributed by atoms with E-state index in [4.69, 9.17) is 0 Å². The third-order valence-corrected chi connectivity index (χ3v) is 6.44. The zero-order valence-corrected chi connectivity index (χ0v) is 17.2. The van der Waals surface area contributed by atoms with Crippen molar-refractivity contribution in [3.05, 3.63) is 94.0 Å². The third-order valence-electron chi connectivity index (χ3n) is 4.67. The molecule has 0 bridgehead atoms. The number of nitro groups is 1. The van der Waals surface area contributed by atoms with Crippen molar-refractivity contribution in [2.24, 2.45) is 0 Å². The molecule has 0 unspecified atom stereocenters. The first kappa shape index (κ1) is 22.0. The van der Waals surface area contributed by atoms with Gasteiger partial charge >= 0.3 is 0 Å². The molecule has 0 fully saturated rings. The minimum atomic E-state index is -3.87. The van der Waals surface area contributed by atoms with Gasteiger partial charge in [-0.05, 0) is 43.2 Å². The van der Waals surface area contributed by atoms with Crippen LogP contribution in [0.5, 0.6) is 5.75 Å². The molecule has 0 aliphatic rings. The molecule has 0 aliphatic carbocycles. The van der Waals surface area contributed by atoms with Crippen molar-refractivity contribution in [1.82, 2.24) is 5.32 Å². The summed E-state index contributed by atoms with van der Waals surface area (Å²) in [5, 5.41) is 23.9. The molecule has 0 aromatic heterocycles. The summed E-state index contributed by atoms with van der Waals surface area (Å²) in [6.45, 7) is 0.231. The van der Waals surface area contributed by atoms with Gasteiger partial charge in [0.15, 0.2) is 0 Å². The second-order valence-corrected chi connectivity index (χ2v) is 8.69. The van der Waals surface area contributed by atoms with Gasteiger partial charge in [0, 0.05) is 18.2 Å². The van der Waals surface area contributed by atoms with Crippen LogP contribution in [0.1, 0.15) is 22.3 Å². The van der Waals surface area contributed by atoms with Crippen molar-refractivity contribution in [3.8, 4) is 5.75 Å². The third kappa shape index (κ3) is 5.07. The summed E-state index contributed by atoms with van der Waals surface area (Å²) in [6, 6.07) is 17.7. The standard InChI is InChI=1S/C22H20N2O6S/c25-21-11-5-4-10-19(21)22(26)23-14-6-7-16-12-13-18(15-20(16)24(27)28)31(29,30)17-8-2-1-3-9-17/h1-5,8-13,15,25H,6-7,14H2,(H,23,26). The van der Waals surface area contributed by atoms with E-state index in [1.54, 1.807) is 30.3 Å². The van der Waals surface area contributed by atoms with Crippen molar-refractivity contribution < 1.29 is 23.2 Å². The van der Waals surface area contributed by atoms with E-state index in [0.29, 0.717) is 12.0 Å². The van der Waals surface area contributed by atoms with Gasteiger partial charge in [0.05, 0.1) is 20.3 Å². The van der Waals surface area contributed by atoms with Crippen LogP contribution in [0.3, 0.4) is 0 Å². The molecule has 3 rings (SSSR count). The van der Waals surface area contributed by atoms with Crippen LogP contribution in [0.25, 0.3) is 0 Å². The first-order valence-electron chi connectivity index (χ1n) is 9.44. The van der Waals surface area contributed by atoms with Crippen LogP contribution in [0, 0.1) is 10.1 Å². The Labute approximate surface area is 179 Å². The zero-order valence-electron chi connectivity index (χ0n) is 16.4. The highest BCUT2D eigenvalue weighted by Gasteiger charge is 2.23. The highest BCUT2D eigenvalue weighted by molar-refractivity contribution is 7.91. The number of phenols is 1. The Kier molecular flexibility index (Phi) is 6.66. The summed E-state index contributed by atoms with van der Waals surface area (Å²) in [6.07, 6.45) is 0.661. The number of benzene rings is 3. The van der Waals surface area contributed by atoms with E-state index in [-0.39, 0.29) is 39.8 Å². The van der Waals surface area contributed by atoms with Gasteiger partial charge in [-0.15, -0.1) is 0 Å². The van der Waals surface area contributed by atoms with Gasteiger partial charge in [0.2, 0.25) is 9.84 Å². The number of hydrogen-bond donors (Lipinski definition) is 2. The van der Waals surface area contributed by atoms with Crippen molar-refractivity contribution >= 4 is 21.4 Å². The highest BCUT2D eigenvalue weighted by atomic mass is 32.2. The number of nitrogens with zero attached hydrogens (tertiary/aromatic N) is 1. The van der Waals surface area contributed by atoms with E-state index in [1.807, 2.05) is 0 Å². The highest BCUT2D eigenvalue weighted by Crippen LogP contribution is 2.28. The Morgan fingerprint density at radius 2 is 1.65 bits per heavy atom. The molecule has 0 aliphatic heterocycles. The summed E-state index contributed by atoms with van der Waals surface area (Å²) in [7, 11) is -3.87. The van der Waals surface area contributed by atoms with E-state index in [1.165, 1.54) is 36.4 Å². The van der Waals surface area contributed by atoms with Gasteiger partial charge in [-0.3, -0.25) is 14.9 Å². The SMILES string of the molecule is O=C(NCCCc1ccc(S(=O)(=O)c2ccccc2)cc1[N+](=O)[O-])c1ccccc1O. The Morgan fingerprint density at radius 1 is 0.968 bits per heavy atom. The van der Waals surface area contributed by atoms with Crippen LogP contribution in [-0.2, 0) is 16.3 Å². The maximum absolute atomic E-state index is 12.7. The minimum Gasteiger partial charge on any atom is -0.507 e. The summed E-state index contributed by atoms with van der Waals surface area (Å²) in [5.74, 6) is -0.581. The number of carbonyl (C=O) groups is 1. The maximum Gasteiger partial charge on any atom is 0.273 e. The largest absolute Gasteiger partial charge is 0.507 e. The zero-order chi connectivity index (χ0) is 22.4. The number of nitro benzene ring substituents is 1. The molecule has 2 N–H and O–H groups in total. The van der Waals surface area contributed by atoms with Crippen LogP contribution in [0.2, 0.25) is 0 Å². The molecule has 8 nitrogen and oxygen atoms in total. The number of para-hydroxylation sites is 1. The number of rotatable bonds is 8. The quantitative estimate of drug-likeness (QED) is 0.314. The lowest BCUT2D eigenvalue weighted by molar-refractivity contribution is -0.385. The lowest BCUT2D eigenvalue weighted by atomic mass is 10.1. The van der Waals surface area contributed by atoms with Gasteiger partial charge < -0.3 is 10.4 Å². The Bertz CT molecular complexity index is 1210. The molecular weight excluding hydrogens is 420 g/mol. The van der Waals surface area contributed by atoms with Crippen LogP contribution < -0.4 is 5.32 Å². The van der Waals surface area contributed by atoms with Crippen LogP contribution in [0.15, 0.2) is 82.6 Å². The second-order valence-electron chi connectivity index (χ2n) is 6.74. The molecule has 160 valence electrons. The Balaban J connectivity index is 1.70. The van der Waals surface area contributed by atoms with Gasteiger partial charge in [-0.1, -0.05) is 36.4 Å². The number of nitrogens with one attached hydrogen (secondary N) is 1. The summed E-state index contributed by atoms with van der Waals surface area (Å²) in [4.78, 5) is 22.9. The van der Waals surface area contributed by atoms with Crippen LogP contribution >= 0.6 is 0 Å². The molecule has 3 aromatic carbocycles. The average molecular weight is 440 g/mol. The molecule has 31 heavy (non-hydrogen) atoms. The molecule has 9 heteroatoms. The predicted molar refractivity (Wildman–Crippen MR) is 114 cm³/mol. The van der Waals surface area contributed by atoms with Gasteiger partial charge in [-0.25, -0.2) is 8.42 Å². The van der Waals surface area contributed by atoms with Crippen LogP contribution in [0.4, 0.5) is 5.69 Å². The molecule has 0 saturated heterocycles. The number of aryl methyl sites for hydroxylation is 1. The topological polar surface area (TPSA) is 127 Å². The van der Waals surface area contributed by atoms with Gasteiger partial charge in [0.1, 0.15) is 5.75 Å². The average Bonchev–Trinajstić information content (AvgIpc) is 2.77. The first-order valence-corrected chi connectivity index (χ1v) is 10.9. The van der Waals surface area contributed by atoms with Crippen molar-refractivity contribution in [3.63, 3.8) is 0 Å². The first-order chi connectivity index (χ1) is 14.8. The summed E-state index contributed by atoms with van der Waals surface area (Å²) in [5.41, 5.74) is 0.224. The molecule has 0 radical (unpaired) electrons. The lowest BCUT2D eigenvalue weighted by Gasteiger charge is -2.09. The van der Waals surface area contributed by atoms with Crippen molar-refractivity contribution in [2.45, 2.75) is 22.6 Å². The van der Waals surface area contributed by atoms with Crippen LogP contribution in [-0.4, -0.2) is 30.9 Å². The number of phenolic OH excluding ortho intramolecular Hbond substituents is 1. The fourth-order valence-corrected chi connectivity index (χ4v) is 4.37. The van der Waals surface area contributed by atoms with E-state index < -0.39 is 20.7 Å². The molecular formula is C22H20N2O6S. The van der Waals surface area contributed by atoms with E-state index in [2.05, 4.69) is 5.32 Å². The molecule has 0 saturated carbocycles. The number of hydrogen-bond acceptors (Lipinski definition) is 6. The fourth-order valence-electron chi connectivity index (χ4n) is 3.07. The van der Waals surface area contributed by atoms with E-state index in [0.717, 1.165) is 6.07 Å². The molecule has 0 atom stereocenters. The summed E-state index contributed by atoms with van der Waals surface area (Å²) >= 11 is 0. The van der Waals surface area contributed by atoms with Crippen molar-refractivity contribution in [2.75, 3.05) is 6.54 Å². The predicted octanol–water partition coefficient (Wildman–Crippen LogP) is 3.50. The van der Waals surface area contributed by atoms with Gasteiger partial charge in [0.25, 0.3) is 11.6 Å². The monoisotopic (exact) mass is 440 g/mol. The number of carbonyl (C=O) groups excluding carboxylic acids is 1. The Morgan fingerprint density at radius 3 is 2.32 bits per heavy atom. The molecule has 1 amide bonds. The van der Waals surface area contributed by atoms with Gasteiger partial charge in [-0.2, -0.15) is 0 Å². The molecule has 3 aromatic rings. The fraction of sp³-hybridized carbons (Fsp3) is 0.136. The molecule has 0 spiro atoms. The number of sulfone groups is 1. The minimum absolute atomic E-state index is 0.0592. The number of amides is 1. The summed E-state index contributed by atoms with van der Waals surface area (Å²) < 4.78 is 25.5. The van der Waals surface area contributed by atoms with E-state index in [9.17, 15) is 28.4 Å². The Hall–Kier alpha value is -3.72. The normalized spacial score (nSPS) is 11.1. The number of aromatic hydroxyl groups is 1. The van der Waals surface area contributed by atoms with E-state index >= 15 is 0 Å². The van der Waals surface area contributed by atoms with Crippen molar-refractivity contribution in [1.29, 1.82) is 0 Å². The second kappa shape index (κ2) is 9.40. The molecule has 0 heterocycles. The lowest BCUT2D eigenvalue weighted by Crippen LogP contribution is -2.24. The smallest absolute Gasteiger partial charge is 0.273 e. The maximum atomic E-state index is 12.7.